The molecule has 0 rings (SSSR count). The first kappa shape index (κ1) is 13.9. The molecule has 3 nitrogen and oxygen atoms in total. The third kappa shape index (κ3) is 4.40. The lowest BCUT2D eigenvalue weighted by Crippen LogP contribution is -2.40. The molecule has 0 saturated heterocycles. The molecule has 4 atom stereocenters. The fourth-order valence-corrected chi connectivity index (χ4v) is 1.50. The van der Waals surface area contributed by atoms with E-state index in [9.17, 15) is 15.3 Å². The number of aliphatic hydroxyl groups excluding tert-OH is 3. The minimum Gasteiger partial charge on any atom is -0.390 e. The molecule has 0 amide bonds. The SMILES string of the molecule is CCCC[C@H](C)C(O)C(O)C(O)CC. The molecule has 3 N–H and O–H groups in total. The average molecular weight is 204 g/mol. The smallest absolute Gasteiger partial charge is 0.106 e. The van der Waals surface area contributed by atoms with Gasteiger partial charge in [-0.3, -0.25) is 0 Å². The molecule has 0 fully saturated rings. The normalized spacial score (nSPS) is 20.1. The predicted molar refractivity (Wildman–Crippen MR) is 57.0 cm³/mol. The van der Waals surface area contributed by atoms with Gasteiger partial charge in [0.2, 0.25) is 0 Å². The van der Waals surface area contributed by atoms with Crippen LogP contribution in [0.25, 0.3) is 0 Å². The second-order valence-electron chi connectivity index (χ2n) is 4.08. The molecule has 3 unspecified atom stereocenters. The summed E-state index contributed by atoms with van der Waals surface area (Å²) in [4.78, 5) is 0. The van der Waals surface area contributed by atoms with Crippen LogP contribution in [-0.2, 0) is 0 Å². The molecule has 0 heterocycles. The van der Waals surface area contributed by atoms with Crippen molar-refractivity contribution in [1.29, 1.82) is 0 Å². The summed E-state index contributed by atoms with van der Waals surface area (Å²) in [6.45, 7) is 5.79. The zero-order valence-corrected chi connectivity index (χ0v) is 9.48. The quantitative estimate of drug-likeness (QED) is 0.586. The van der Waals surface area contributed by atoms with Gasteiger partial charge in [0, 0.05) is 0 Å². The summed E-state index contributed by atoms with van der Waals surface area (Å²) in [6.07, 6.45) is 0.873. The van der Waals surface area contributed by atoms with E-state index in [2.05, 4.69) is 6.92 Å². The van der Waals surface area contributed by atoms with Crippen LogP contribution in [0, 0.1) is 5.92 Å². The standard InChI is InChI=1S/C11H24O3/c1-4-6-7-8(3)10(13)11(14)9(12)5-2/h8-14H,4-7H2,1-3H3/t8-,9?,10?,11?/m0/s1. The van der Waals surface area contributed by atoms with Gasteiger partial charge in [-0.2, -0.15) is 0 Å². The second-order valence-corrected chi connectivity index (χ2v) is 4.08. The number of unbranched alkanes of at least 4 members (excludes halogenated alkanes) is 1. The van der Waals surface area contributed by atoms with E-state index in [4.69, 9.17) is 0 Å². The maximum atomic E-state index is 9.70. The zero-order chi connectivity index (χ0) is 11.1. The minimum absolute atomic E-state index is 0.0474. The lowest BCUT2D eigenvalue weighted by Gasteiger charge is -2.26. The van der Waals surface area contributed by atoms with E-state index in [1.54, 1.807) is 6.92 Å². The highest BCUT2D eigenvalue weighted by Gasteiger charge is 2.27. The van der Waals surface area contributed by atoms with Gasteiger partial charge in [0.1, 0.15) is 6.10 Å². The van der Waals surface area contributed by atoms with Crippen LogP contribution < -0.4 is 0 Å². The number of aliphatic hydroxyl groups is 3. The summed E-state index contributed by atoms with van der Waals surface area (Å²) < 4.78 is 0. The van der Waals surface area contributed by atoms with Gasteiger partial charge in [-0.05, 0) is 18.8 Å². The van der Waals surface area contributed by atoms with Gasteiger partial charge in [-0.25, -0.2) is 0 Å². The van der Waals surface area contributed by atoms with Crippen LogP contribution in [0.15, 0.2) is 0 Å². The summed E-state index contributed by atoms with van der Waals surface area (Å²) >= 11 is 0. The summed E-state index contributed by atoms with van der Waals surface area (Å²) in [5.41, 5.74) is 0. The van der Waals surface area contributed by atoms with Gasteiger partial charge in [-0.15, -0.1) is 0 Å². The Morgan fingerprint density at radius 3 is 2.00 bits per heavy atom. The van der Waals surface area contributed by atoms with Gasteiger partial charge >= 0.3 is 0 Å². The van der Waals surface area contributed by atoms with Crippen LogP contribution in [0.1, 0.15) is 46.5 Å². The molecular weight excluding hydrogens is 180 g/mol. The summed E-state index contributed by atoms with van der Waals surface area (Å²) in [7, 11) is 0. The third-order valence-corrected chi connectivity index (χ3v) is 2.76. The molecule has 0 aliphatic rings. The van der Waals surface area contributed by atoms with Crippen LogP contribution in [-0.4, -0.2) is 33.6 Å². The van der Waals surface area contributed by atoms with Crippen LogP contribution >= 0.6 is 0 Å². The number of rotatable bonds is 7. The van der Waals surface area contributed by atoms with E-state index in [-0.39, 0.29) is 5.92 Å². The molecule has 0 aliphatic heterocycles. The molecule has 0 aromatic carbocycles. The van der Waals surface area contributed by atoms with Crippen molar-refractivity contribution in [2.75, 3.05) is 0 Å². The van der Waals surface area contributed by atoms with Crippen molar-refractivity contribution in [3.8, 4) is 0 Å². The Labute approximate surface area is 86.8 Å². The van der Waals surface area contributed by atoms with E-state index in [1.165, 1.54) is 0 Å². The molecule has 0 aliphatic carbocycles. The molecule has 0 aromatic rings. The number of hydrogen-bond donors (Lipinski definition) is 3. The van der Waals surface area contributed by atoms with E-state index >= 15 is 0 Å². The van der Waals surface area contributed by atoms with E-state index in [1.807, 2.05) is 6.92 Å². The van der Waals surface area contributed by atoms with E-state index < -0.39 is 18.3 Å². The Morgan fingerprint density at radius 2 is 1.57 bits per heavy atom. The van der Waals surface area contributed by atoms with Crippen molar-refractivity contribution in [2.45, 2.75) is 64.8 Å². The molecule has 0 aromatic heterocycles. The molecule has 3 heteroatoms. The van der Waals surface area contributed by atoms with Crippen molar-refractivity contribution >= 4 is 0 Å². The highest BCUT2D eigenvalue weighted by atomic mass is 16.4. The van der Waals surface area contributed by atoms with Gasteiger partial charge < -0.3 is 15.3 Å². The van der Waals surface area contributed by atoms with Crippen LogP contribution in [0.5, 0.6) is 0 Å². The van der Waals surface area contributed by atoms with E-state index in [0.717, 1.165) is 19.3 Å². The van der Waals surface area contributed by atoms with Crippen LogP contribution in [0.2, 0.25) is 0 Å². The number of hydrogen-bond acceptors (Lipinski definition) is 3. The highest BCUT2D eigenvalue weighted by molar-refractivity contribution is 4.78. The lowest BCUT2D eigenvalue weighted by molar-refractivity contribution is -0.0800. The Morgan fingerprint density at radius 1 is 1.00 bits per heavy atom. The highest BCUT2D eigenvalue weighted by Crippen LogP contribution is 2.17. The van der Waals surface area contributed by atoms with Gasteiger partial charge in [0.25, 0.3) is 0 Å². The molecule has 14 heavy (non-hydrogen) atoms. The molecule has 0 saturated carbocycles. The molecule has 0 spiro atoms. The first-order valence-electron chi connectivity index (χ1n) is 5.58. The van der Waals surface area contributed by atoms with Gasteiger partial charge in [0.05, 0.1) is 12.2 Å². The molecular formula is C11H24O3. The monoisotopic (exact) mass is 204 g/mol. The lowest BCUT2D eigenvalue weighted by atomic mass is 9.91. The second kappa shape index (κ2) is 7.21. The Hall–Kier alpha value is -0.120. The van der Waals surface area contributed by atoms with E-state index in [0.29, 0.717) is 6.42 Å². The first-order valence-corrected chi connectivity index (χ1v) is 5.58. The van der Waals surface area contributed by atoms with Crippen molar-refractivity contribution in [2.24, 2.45) is 5.92 Å². The summed E-state index contributed by atoms with van der Waals surface area (Å²) in [6, 6.07) is 0. The largest absolute Gasteiger partial charge is 0.390 e. The molecule has 86 valence electrons. The summed E-state index contributed by atoms with van der Waals surface area (Å²) in [5.74, 6) is 0.0474. The first-order chi connectivity index (χ1) is 6.54. The predicted octanol–water partition coefficient (Wildman–Crippen LogP) is 1.31. The fourth-order valence-electron chi connectivity index (χ4n) is 1.50. The molecule has 0 radical (unpaired) electrons. The Bertz CT molecular complexity index is 138. The Kier molecular flexibility index (Phi) is 7.15. The zero-order valence-electron chi connectivity index (χ0n) is 9.48. The third-order valence-electron chi connectivity index (χ3n) is 2.76. The van der Waals surface area contributed by atoms with Crippen molar-refractivity contribution in [3.05, 3.63) is 0 Å². The maximum absolute atomic E-state index is 9.70. The van der Waals surface area contributed by atoms with Gasteiger partial charge in [-0.1, -0.05) is 33.6 Å². The minimum atomic E-state index is -1.01. The van der Waals surface area contributed by atoms with Crippen LogP contribution in [0.3, 0.4) is 0 Å². The molecule has 0 bridgehead atoms. The van der Waals surface area contributed by atoms with Gasteiger partial charge in [0.15, 0.2) is 0 Å². The average Bonchev–Trinajstić information content (AvgIpc) is 2.22. The van der Waals surface area contributed by atoms with Crippen LogP contribution in [0.4, 0.5) is 0 Å². The Balaban J connectivity index is 3.95. The maximum Gasteiger partial charge on any atom is 0.106 e. The van der Waals surface area contributed by atoms with Crippen molar-refractivity contribution in [3.63, 3.8) is 0 Å². The van der Waals surface area contributed by atoms with Crippen molar-refractivity contribution < 1.29 is 15.3 Å². The van der Waals surface area contributed by atoms with Crippen molar-refractivity contribution in [1.82, 2.24) is 0 Å². The fraction of sp³-hybridized carbons (Fsp3) is 1.00. The summed E-state index contributed by atoms with van der Waals surface area (Å²) in [5, 5.41) is 28.6. The topological polar surface area (TPSA) is 60.7 Å².